The van der Waals surface area contributed by atoms with E-state index in [4.69, 9.17) is 0 Å². The van der Waals surface area contributed by atoms with Gasteiger partial charge >= 0.3 is 0 Å². The van der Waals surface area contributed by atoms with E-state index in [0.29, 0.717) is 0 Å². The lowest BCUT2D eigenvalue weighted by atomic mass is 10.3. The summed E-state index contributed by atoms with van der Waals surface area (Å²) in [6.07, 6.45) is 1.39. The zero-order valence-electron chi connectivity index (χ0n) is 10.5. The molecule has 0 saturated heterocycles. The molecule has 0 heterocycles. The minimum absolute atomic E-state index is 0.876. The van der Waals surface area contributed by atoms with Gasteiger partial charge in [-0.2, -0.15) is 0 Å². The smallest absolute Gasteiger partial charge is 0.0509 e. The summed E-state index contributed by atoms with van der Waals surface area (Å²) in [5.41, 5.74) is 0. The highest BCUT2D eigenvalue weighted by molar-refractivity contribution is 6.78. The molecule has 0 aromatic heterocycles. The zero-order valence-corrected chi connectivity index (χ0v) is 11.5. The molecule has 0 radical (unpaired) electrons. The zero-order chi connectivity index (χ0) is 10.5. The molecule has 0 aliphatic carbocycles. The Morgan fingerprint density at radius 1 is 0.923 bits per heavy atom. The van der Waals surface area contributed by atoms with Crippen molar-refractivity contribution in [3.63, 3.8) is 0 Å². The van der Waals surface area contributed by atoms with E-state index in [2.05, 4.69) is 41.2 Å². The Morgan fingerprint density at radius 3 is 1.54 bits per heavy atom. The summed E-state index contributed by atoms with van der Waals surface area (Å²) < 4.78 is 0. The van der Waals surface area contributed by atoms with Gasteiger partial charge in [0.2, 0.25) is 0 Å². The third kappa shape index (κ3) is 6.31. The summed E-state index contributed by atoms with van der Waals surface area (Å²) in [5, 5.41) is 0. The first-order chi connectivity index (χ1) is 5.89. The van der Waals surface area contributed by atoms with Gasteiger partial charge in [0.1, 0.15) is 0 Å². The van der Waals surface area contributed by atoms with Crippen LogP contribution in [0.25, 0.3) is 0 Å². The normalized spacial score (nSPS) is 12.9. The van der Waals surface area contributed by atoms with Crippen LogP contribution < -0.4 is 0 Å². The molecule has 0 rings (SSSR count). The van der Waals surface area contributed by atoms with Gasteiger partial charge < -0.3 is 0 Å². The molecule has 0 aromatic carbocycles. The first kappa shape index (κ1) is 13.2. The molecule has 0 atom stereocenters. The van der Waals surface area contributed by atoms with Crippen molar-refractivity contribution >= 4 is 8.07 Å². The summed E-state index contributed by atoms with van der Waals surface area (Å²) in [6, 6.07) is 4.58. The van der Waals surface area contributed by atoms with E-state index < -0.39 is 8.07 Å². The van der Waals surface area contributed by atoms with E-state index in [9.17, 15) is 0 Å². The van der Waals surface area contributed by atoms with Gasteiger partial charge in [-0.25, -0.2) is 0 Å². The van der Waals surface area contributed by atoms with Gasteiger partial charge in [0, 0.05) is 0 Å². The molecule has 0 unspecified atom stereocenters. The maximum atomic E-state index is 2.61. The van der Waals surface area contributed by atoms with Crippen molar-refractivity contribution in [2.45, 2.75) is 65.7 Å². The molecule has 0 amide bonds. The molecule has 0 aliphatic heterocycles. The second-order valence-corrected chi connectivity index (χ2v) is 10.7. The van der Waals surface area contributed by atoms with E-state index in [1.807, 2.05) is 0 Å². The molecule has 0 nitrogen and oxygen atoms in total. The van der Waals surface area contributed by atoms with Crippen LogP contribution in [0.1, 0.15) is 41.0 Å². The van der Waals surface area contributed by atoms with Gasteiger partial charge in [0.25, 0.3) is 0 Å². The fourth-order valence-corrected chi connectivity index (χ4v) is 8.59. The maximum Gasteiger partial charge on any atom is 0.0509 e. The minimum Gasteiger partial charge on any atom is -0.0691 e. The SMILES string of the molecule is CCC[Si](C)(CC(C)C)CC(C)C. The van der Waals surface area contributed by atoms with Crippen molar-refractivity contribution in [3.05, 3.63) is 0 Å². The van der Waals surface area contributed by atoms with Crippen LogP contribution in [-0.4, -0.2) is 8.07 Å². The predicted octanol–water partition coefficient (Wildman–Crippen LogP) is 4.79. The fourth-order valence-electron chi connectivity index (χ4n) is 2.86. The third-order valence-corrected chi connectivity index (χ3v) is 7.97. The van der Waals surface area contributed by atoms with Crippen molar-refractivity contribution in [1.82, 2.24) is 0 Å². The van der Waals surface area contributed by atoms with Crippen LogP contribution in [0.15, 0.2) is 0 Å². The molecule has 0 fully saturated rings. The highest BCUT2D eigenvalue weighted by Crippen LogP contribution is 2.29. The summed E-state index contributed by atoms with van der Waals surface area (Å²) in [6.45, 7) is 14.5. The van der Waals surface area contributed by atoms with Gasteiger partial charge in [0.15, 0.2) is 0 Å². The molecule has 0 bridgehead atoms. The van der Waals surface area contributed by atoms with Crippen LogP contribution in [0.4, 0.5) is 0 Å². The molecule has 1 heteroatoms. The molecule has 0 aliphatic rings. The van der Waals surface area contributed by atoms with E-state index in [1.54, 1.807) is 0 Å². The first-order valence-electron chi connectivity index (χ1n) is 5.89. The van der Waals surface area contributed by atoms with Gasteiger partial charge in [-0.15, -0.1) is 0 Å². The lowest BCUT2D eigenvalue weighted by Crippen LogP contribution is -2.32. The molecule has 80 valence electrons. The van der Waals surface area contributed by atoms with E-state index in [0.717, 1.165) is 11.8 Å². The Morgan fingerprint density at radius 2 is 1.31 bits per heavy atom. The van der Waals surface area contributed by atoms with Gasteiger partial charge in [0.05, 0.1) is 8.07 Å². The van der Waals surface area contributed by atoms with Crippen LogP contribution in [0.2, 0.25) is 24.7 Å². The van der Waals surface area contributed by atoms with Crippen molar-refractivity contribution in [2.24, 2.45) is 11.8 Å². The Kier molecular flexibility index (Phi) is 5.94. The van der Waals surface area contributed by atoms with Crippen LogP contribution >= 0.6 is 0 Å². The highest BCUT2D eigenvalue weighted by atomic mass is 28.3. The van der Waals surface area contributed by atoms with E-state index in [-0.39, 0.29) is 0 Å². The van der Waals surface area contributed by atoms with Gasteiger partial charge in [-0.05, 0) is 11.8 Å². The number of hydrogen-bond donors (Lipinski definition) is 0. The van der Waals surface area contributed by atoms with Crippen LogP contribution in [0.5, 0.6) is 0 Å². The standard InChI is InChI=1S/C12H28Si/c1-7-8-13(6,9-11(2)3)10-12(4)5/h11-12H,7-10H2,1-6H3. The summed E-state index contributed by atoms with van der Waals surface area (Å²) in [7, 11) is -0.876. The molecule has 0 saturated carbocycles. The Labute approximate surface area is 86.1 Å². The summed E-state index contributed by atoms with van der Waals surface area (Å²) >= 11 is 0. The fraction of sp³-hybridized carbons (Fsp3) is 1.00. The van der Waals surface area contributed by atoms with Crippen LogP contribution in [0, 0.1) is 11.8 Å². The predicted molar refractivity (Wildman–Crippen MR) is 66.0 cm³/mol. The van der Waals surface area contributed by atoms with Crippen molar-refractivity contribution in [3.8, 4) is 0 Å². The second kappa shape index (κ2) is 5.84. The second-order valence-electron chi connectivity index (χ2n) is 5.76. The quantitative estimate of drug-likeness (QED) is 0.541. The Bertz CT molecular complexity index is 117. The molecular weight excluding hydrogens is 172 g/mol. The molecule has 0 N–H and O–H groups in total. The van der Waals surface area contributed by atoms with E-state index in [1.165, 1.54) is 24.6 Å². The van der Waals surface area contributed by atoms with Crippen molar-refractivity contribution in [2.75, 3.05) is 0 Å². The topological polar surface area (TPSA) is 0 Å². The Hall–Kier alpha value is 0.217. The van der Waals surface area contributed by atoms with Crippen molar-refractivity contribution in [1.29, 1.82) is 0 Å². The van der Waals surface area contributed by atoms with Crippen molar-refractivity contribution < 1.29 is 0 Å². The minimum atomic E-state index is -0.876. The lowest BCUT2D eigenvalue weighted by molar-refractivity contribution is 0.673. The van der Waals surface area contributed by atoms with Crippen LogP contribution in [-0.2, 0) is 0 Å². The maximum absolute atomic E-state index is 2.61. The summed E-state index contributed by atoms with van der Waals surface area (Å²) in [5.74, 6) is 1.81. The first-order valence-corrected chi connectivity index (χ1v) is 9.01. The largest absolute Gasteiger partial charge is 0.0691 e. The summed E-state index contributed by atoms with van der Waals surface area (Å²) in [4.78, 5) is 0. The van der Waals surface area contributed by atoms with Gasteiger partial charge in [-0.1, -0.05) is 65.7 Å². The van der Waals surface area contributed by atoms with Crippen LogP contribution in [0.3, 0.4) is 0 Å². The average Bonchev–Trinajstić information content (AvgIpc) is 1.81. The number of rotatable bonds is 6. The highest BCUT2D eigenvalue weighted by Gasteiger charge is 2.27. The van der Waals surface area contributed by atoms with Gasteiger partial charge in [-0.3, -0.25) is 0 Å². The lowest BCUT2D eigenvalue weighted by Gasteiger charge is -2.30. The molecule has 0 aromatic rings. The molecular formula is C12H28Si. The monoisotopic (exact) mass is 200 g/mol. The average molecular weight is 200 g/mol. The van der Waals surface area contributed by atoms with E-state index >= 15 is 0 Å². The third-order valence-electron chi connectivity index (χ3n) is 2.66. The number of hydrogen-bond acceptors (Lipinski definition) is 0. The molecule has 13 heavy (non-hydrogen) atoms. The molecule has 0 spiro atoms. The Balaban J connectivity index is 4.15.